The zero-order chi connectivity index (χ0) is 14.8. The van der Waals surface area contributed by atoms with Crippen molar-refractivity contribution in [2.45, 2.75) is 0 Å². The summed E-state index contributed by atoms with van der Waals surface area (Å²) in [6.45, 7) is 0. The van der Waals surface area contributed by atoms with E-state index in [4.69, 9.17) is 0 Å². The molecule has 2 aromatic carbocycles. The number of nitrogens with one attached hydrogen (secondary N) is 2. The molecule has 0 aliphatic heterocycles. The van der Waals surface area contributed by atoms with Gasteiger partial charge in [-0.1, -0.05) is 36.4 Å². The molecule has 0 heterocycles. The van der Waals surface area contributed by atoms with Crippen molar-refractivity contribution in [3.05, 3.63) is 60.7 Å². The van der Waals surface area contributed by atoms with Gasteiger partial charge >= 0.3 is 11.8 Å². The fourth-order valence-electron chi connectivity index (χ4n) is 1.42. The molecule has 0 radical (unpaired) electrons. The zero-order valence-electron chi connectivity index (χ0n) is 10.7. The van der Waals surface area contributed by atoms with Crippen LogP contribution in [-0.2, 0) is 9.59 Å². The van der Waals surface area contributed by atoms with Crippen molar-refractivity contribution in [3.8, 4) is 0 Å². The van der Waals surface area contributed by atoms with Gasteiger partial charge in [0.25, 0.3) is 0 Å². The second-order valence-corrected chi connectivity index (χ2v) is 3.64. The maximum absolute atomic E-state index is 11.6. The first-order valence-corrected chi connectivity index (χ1v) is 5.81. The van der Waals surface area contributed by atoms with Crippen LogP contribution >= 0.6 is 0 Å². The molecule has 0 saturated carbocycles. The second-order valence-electron chi connectivity index (χ2n) is 3.64. The molecule has 0 spiro atoms. The Hall–Kier alpha value is -2.70. The van der Waals surface area contributed by atoms with E-state index in [-0.39, 0.29) is 0 Å². The van der Waals surface area contributed by atoms with E-state index in [1.165, 1.54) is 0 Å². The average molecular weight is 272 g/mol. The Morgan fingerprint density at radius 2 is 0.950 bits per heavy atom. The van der Waals surface area contributed by atoms with Gasteiger partial charge in [-0.2, -0.15) is 0 Å². The van der Waals surface area contributed by atoms with Gasteiger partial charge in [0.1, 0.15) is 0 Å². The summed E-state index contributed by atoms with van der Waals surface area (Å²) >= 11 is 0. The van der Waals surface area contributed by atoms with Crippen LogP contribution in [-0.4, -0.2) is 11.8 Å². The summed E-state index contributed by atoms with van der Waals surface area (Å²) in [7, 11) is 0. The highest BCUT2D eigenvalue weighted by atomic mass is 16.2. The minimum atomic E-state index is -0.690. The molecule has 0 atom stereocenters. The van der Waals surface area contributed by atoms with Crippen LogP contribution in [0.1, 0.15) is 0 Å². The number of nitrogens with two attached hydrogens (primary N) is 2. The molecule has 6 nitrogen and oxygen atoms in total. The van der Waals surface area contributed by atoms with E-state index in [9.17, 15) is 9.59 Å². The molecular weight excluding hydrogens is 256 g/mol. The van der Waals surface area contributed by atoms with Crippen LogP contribution in [0.4, 0.5) is 11.4 Å². The van der Waals surface area contributed by atoms with Gasteiger partial charge in [0.15, 0.2) is 0 Å². The van der Waals surface area contributed by atoms with Crippen LogP contribution in [0, 0.1) is 0 Å². The number of carbonyl (C=O) groups excluding carboxylic acids is 2. The van der Waals surface area contributed by atoms with Gasteiger partial charge in [0, 0.05) is 11.4 Å². The number of hydrazine groups is 1. The Morgan fingerprint density at radius 3 is 1.25 bits per heavy atom. The molecule has 6 N–H and O–H groups in total. The lowest BCUT2D eigenvalue weighted by molar-refractivity contribution is -0.132. The van der Waals surface area contributed by atoms with Gasteiger partial charge in [-0.3, -0.25) is 21.3 Å². The first-order valence-electron chi connectivity index (χ1n) is 5.81. The van der Waals surface area contributed by atoms with Crippen molar-refractivity contribution in [2.75, 3.05) is 10.6 Å². The predicted octanol–water partition coefficient (Wildman–Crippen LogP) is 1.08. The molecule has 0 saturated heterocycles. The van der Waals surface area contributed by atoms with Crippen LogP contribution in [0.15, 0.2) is 60.7 Å². The minimum Gasteiger partial charge on any atom is -0.318 e. The van der Waals surface area contributed by atoms with E-state index in [1.807, 2.05) is 12.1 Å². The molecule has 2 aromatic rings. The summed E-state index contributed by atoms with van der Waals surface area (Å²) in [4.78, 5) is 23.2. The molecule has 0 aliphatic carbocycles. The molecule has 6 heteroatoms. The van der Waals surface area contributed by atoms with E-state index in [1.54, 1.807) is 48.5 Å². The Morgan fingerprint density at radius 1 is 0.650 bits per heavy atom. The smallest absolute Gasteiger partial charge is 0.314 e. The number of carbonyl (C=O) groups is 2. The Kier molecular flexibility index (Phi) is 6.46. The van der Waals surface area contributed by atoms with Crippen molar-refractivity contribution in [1.29, 1.82) is 0 Å². The van der Waals surface area contributed by atoms with Crippen molar-refractivity contribution >= 4 is 23.2 Å². The van der Waals surface area contributed by atoms with Crippen molar-refractivity contribution < 1.29 is 9.59 Å². The van der Waals surface area contributed by atoms with Crippen molar-refractivity contribution in [1.82, 2.24) is 0 Å². The highest BCUT2D eigenvalue weighted by Crippen LogP contribution is 2.07. The summed E-state index contributed by atoms with van der Waals surface area (Å²) in [6.07, 6.45) is 0. The van der Waals surface area contributed by atoms with Gasteiger partial charge in [-0.05, 0) is 24.3 Å². The topological polar surface area (TPSA) is 110 Å². The number of hydrogen-bond acceptors (Lipinski definition) is 4. The lowest BCUT2D eigenvalue weighted by atomic mass is 10.3. The van der Waals surface area contributed by atoms with Crippen LogP contribution in [0.25, 0.3) is 0 Å². The number of para-hydroxylation sites is 2. The van der Waals surface area contributed by atoms with Crippen LogP contribution in [0.5, 0.6) is 0 Å². The summed E-state index contributed by atoms with van der Waals surface area (Å²) in [5.74, 6) is 6.62. The molecule has 0 fully saturated rings. The lowest BCUT2D eigenvalue weighted by Crippen LogP contribution is -2.28. The van der Waals surface area contributed by atoms with Gasteiger partial charge in [0.05, 0.1) is 0 Å². The monoisotopic (exact) mass is 272 g/mol. The Bertz CT molecular complexity index is 492. The molecule has 2 rings (SSSR count). The van der Waals surface area contributed by atoms with Gasteiger partial charge in [0.2, 0.25) is 0 Å². The molecule has 0 aliphatic rings. The van der Waals surface area contributed by atoms with Crippen LogP contribution in [0.3, 0.4) is 0 Å². The molecule has 0 bridgehead atoms. The Labute approximate surface area is 116 Å². The maximum Gasteiger partial charge on any atom is 0.314 e. The van der Waals surface area contributed by atoms with Crippen molar-refractivity contribution in [2.24, 2.45) is 11.7 Å². The summed E-state index contributed by atoms with van der Waals surface area (Å²) in [5, 5.41) is 5.02. The largest absolute Gasteiger partial charge is 0.318 e. The van der Waals surface area contributed by atoms with E-state index in [2.05, 4.69) is 22.3 Å². The highest BCUT2D eigenvalue weighted by molar-refractivity contribution is 6.43. The first kappa shape index (κ1) is 15.4. The van der Waals surface area contributed by atoms with Crippen LogP contribution < -0.4 is 22.3 Å². The van der Waals surface area contributed by atoms with E-state index >= 15 is 0 Å². The number of rotatable bonds is 2. The average Bonchev–Trinajstić information content (AvgIpc) is 2.51. The third-order valence-electron chi connectivity index (χ3n) is 2.27. The number of hydrogen-bond donors (Lipinski definition) is 4. The van der Waals surface area contributed by atoms with Gasteiger partial charge < -0.3 is 10.6 Å². The highest BCUT2D eigenvalue weighted by Gasteiger charge is 2.13. The van der Waals surface area contributed by atoms with Gasteiger partial charge in [-0.15, -0.1) is 0 Å². The normalized spacial score (nSPS) is 8.90. The first-order chi connectivity index (χ1) is 9.75. The third-order valence-corrected chi connectivity index (χ3v) is 2.27. The summed E-state index contributed by atoms with van der Waals surface area (Å²) in [6, 6.07) is 17.7. The van der Waals surface area contributed by atoms with Gasteiger partial charge in [-0.25, -0.2) is 0 Å². The second kappa shape index (κ2) is 8.41. The Balaban J connectivity index is 0.000000956. The quantitative estimate of drug-likeness (QED) is 0.372. The third kappa shape index (κ3) is 4.89. The number of amides is 2. The minimum absolute atomic E-state index is 0.589. The molecular formula is C14H16N4O2. The molecule has 0 unspecified atom stereocenters. The van der Waals surface area contributed by atoms with E-state index in [0.717, 1.165) is 0 Å². The molecule has 2 amide bonds. The van der Waals surface area contributed by atoms with E-state index < -0.39 is 11.8 Å². The van der Waals surface area contributed by atoms with Crippen molar-refractivity contribution in [3.63, 3.8) is 0 Å². The number of anilines is 2. The fraction of sp³-hybridized carbons (Fsp3) is 0. The lowest BCUT2D eigenvalue weighted by Gasteiger charge is -2.05. The van der Waals surface area contributed by atoms with Crippen LogP contribution in [0.2, 0.25) is 0 Å². The standard InChI is InChI=1S/C14H12N2O2.H4N2/c17-13(15-11-7-3-1-4-8-11)14(18)16-12-9-5-2-6-10-12;1-2/h1-10H,(H,15,17)(H,16,18);1-2H2. The molecule has 104 valence electrons. The van der Waals surface area contributed by atoms with E-state index in [0.29, 0.717) is 11.4 Å². The number of benzene rings is 2. The SMILES string of the molecule is NN.O=C(Nc1ccccc1)C(=O)Nc1ccccc1. The fourth-order valence-corrected chi connectivity index (χ4v) is 1.42. The zero-order valence-corrected chi connectivity index (χ0v) is 10.7. The summed E-state index contributed by atoms with van der Waals surface area (Å²) in [5.41, 5.74) is 1.18. The maximum atomic E-state index is 11.6. The molecule has 0 aromatic heterocycles. The predicted molar refractivity (Wildman–Crippen MR) is 78.5 cm³/mol. The summed E-state index contributed by atoms with van der Waals surface area (Å²) < 4.78 is 0. The molecule has 20 heavy (non-hydrogen) atoms.